The van der Waals surface area contributed by atoms with Crippen molar-refractivity contribution in [1.82, 2.24) is 30.0 Å². The number of hydrogen-bond donors (Lipinski definition) is 4. The van der Waals surface area contributed by atoms with Crippen molar-refractivity contribution in [3.8, 4) is 22.5 Å². The van der Waals surface area contributed by atoms with Crippen molar-refractivity contribution in [1.29, 1.82) is 0 Å². The van der Waals surface area contributed by atoms with Crippen LogP contribution >= 0.6 is 0 Å². The second-order valence-corrected chi connectivity index (χ2v) is 10.6. The number of aliphatic hydroxyl groups is 1. The van der Waals surface area contributed by atoms with Crippen LogP contribution in [0.25, 0.3) is 22.5 Å². The summed E-state index contributed by atoms with van der Waals surface area (Å²) in [5, 5.41) is 23.4. The lowest BCUT2D eigenvalue weighted by molar-refractivity contribution is 0.0384. The molecule has 4 N–H and O–H groups in total. The SMILES string of the molecule is O=C(Nc1ccc(-c2nn(CCO)cc2-c2ccnc(Nc3cccc(CCN4CCOCC4)c3)n2)cc1)NC1CC1. The number of nitrogens with one attached hydrogen (secondary N) is 3. The summed E-state index contributed by atoms with van der Waals surface area (Å²) in [4.78, 5) is 23.8. The maximum Gasteiger partial charge on any atom is 0.319 e. The second-order valence-electron chi connectivity index (χ2n) is 10.6. The summed E-state index contributed by atoms with van der Waals surface area (Å²) in [6, 6.07) is 17.9. The lowest BCUT2D eigenvalue weighted by Crippen LogP contribution is -2.37. The minimum atomic E-state index is -0.193. The Kier molecular flexibility index (Phi) is 8.69. The first-order chi connectivity index (χ1) is 20.6. The molecule has 42 heavy (non-hydrogen) atoms. The molecule has 2 fully saturated rings. The first kappa shape index (κ1) is 27.8. The van der Waals surface area contributed by atoms with E-state index in [1.165, 1.54) is 5.56 Å². The Morgan fingerprint density at radius 3 is 2.64 bits per heavy atom. The van der Waals surface area contributed by atoms with Gasteiger partial charge < -0.3 is 25.8 Å². The highest BCUT2D eigenvalue weighted by Gasteiger charge is 2.23. The third kappa shape index (κ3) is 7.30. The Hall–Kier alpha value is -4.32. The molecule has 2 aromatic heterocycles. The molecule has 1 saturated heterocycles. The van der Waals surface area contributed by atoms with E-state index in [4.69, 9.17) is 14.8 Å². The predicted octanol–water partition coefficient (Wildman–Crippen LogP) is 3.90. The van der Waals surface area contributed by atoms with Crippen molar-refractivity contribution in [2.45, 2.75) is 31.8 Å². The number of nitrogens with zero attached hydrogens (tertiary/aromatic N) is 5. The van der Waals surface area contributed by atoms with Crippen molar-refractivity contribution < 1.29 is 14.6 Å². The average molecular weight is 569 g/mol. The highest BCUT2D eigenvalue weighted by molar-refractivity contribution is 5.90. The molecule has 4 aromatic rings. The van der Waals surface area contributed by atoms with Gasteiger partial charge in [-0.2, -0.15) is 5.10 Å². The number of hydrogen-bond acceptors (Lipinski definition) is 8. The van der Waals surface area contributed by atoms with E-state index in [1.807, 2.05) is 48.7 Å². The number of rotatable bonds is 11. The summed E-state index contributed by atoms with van der Waals surface area (Å²) >= 11 is 0. The summed E-state index contributed by atoms with van der Waals surface area (Å²) in [5.41, 5.74) is 6.01. The molecular weight excluding hydrogens is 532 g/mol. The molecule has 0 radical (unpaired) electrons. The molecule has 1 saturated carbocycles. The van der Waals surface area contributed by atoms with Gasteiger partial charge in [0.1, 0.15) is 5.69 Å². The highest BCUT2D eigenvalue weighted by Crippen LogP contribution is 2.31. The molecule has 0 bridgehead atoms. The van der Waals surface area contributed by atoms with Crippen molar-refractivity contribution in [3.05, 3.63) is 72.6 Å². The standard InChI is InChI=1S/C31H36N8O3/c40-17-14-39-21-27(29(37-39)23-4-6-24(7-5-23)34-31(41)35-25-8-9-25)28-10-12-32-30(36-28)33-26-3-1-2-22(20-26)11-13-38-15-18-42-19-16-38/h1-7,10,12,20-21,25,40H,8-9,11,13-19H2,(H,32,33,36)(H2,34,35,41). The topological polar surface area (TPSA) is 129 Å². The van der Waals surface area contributed by atoms with Crippen LogP contribution in [0, 0.1) is 0 Å². The summed E-state index contributed by atoms with van der Waals surface area (Å²) < 4.78 is 7.17. The number of aliphatic hydroxyl groups excluding tert-OH is 1. The van der Waals surface area contributed by atoms with Crippen LogP contribution in [0.2, 0.25) is 0 Å². The number of carbonyl (C=O) groups is 1. The molecule has 11 nitrogen and oxygen atoms in total. The van der Waals surface area contributed by atoms with Gasteiger partial charge in [-0.15, -0.1) is 0 Å². The second kappa shape index (κ2) is 13.1. The van der Waals surface area contributed by atoms with E-state index in [1.54, 1.807) is 10.9 Å². The van der Waals surface area contributed by atoms with Crippen molar-refractivity contribution in [2.24, 2.45) is 0 Å². The van der Waals surface area contributed by atoms with E-state index in [-0.39, 0.29) is 12.6 Å². The fraction of sp³-hybridized carbons (Fsp3) is 0.355. The van der Waals surface area contributed by atoms with Crippen LogP contribution in [0.1, 0.15) is 18.4 Å². The van der Waals surface area contributed by atoms with Crippen LogP contribution in [-0.4, -0.2) is 81.3 Å². The van der Waals surface area contributed by atoms with Gasteiger partial charge in [-0.3, -0.25) is 9.58 Å². The summed E-state index contributed by atoms with van der Waals surface area (Å²) in [7, 11) is 0. The first-order valence-electron chi connectivity index (χ1n) is 14.5. The van der Waals surface area contributed by atoms with Crippen LogP contribution in [0.4, 0.5) is 22.1 Å². The number of amides is 2. The van der Waals surface area contributed by atoms with Gasteiger partial charge in [-0.25, -0.2) is 14.8 Å². The number of urea groups is 1. The van der Waals surface area contributed by atoms with Gasteiger partial charge in [0, 0.05) is 60.6 Å². The molecule has 6 rings (SSSR count). The average Bonchev–Trinajstić information content (AvgIpc) is 3.73. The maximum atomic E-state index is 12.1. The van der Waals surface area contributed by atoms with Crippen molar-refractivity contribution in [3.63, 3.8) is 0 Å². The zero-order valence-electron chi connectivity index (χ0n) is 23.5. The van der Waals surface area contributed by atoms with Crippen LogP contribution in [0.3, 0.4) is 0 Å². The van der Waals surface area contributed by atoms with Gasteiger partial charge >= 0.3 is 6.03 Å². The van der Waals surface area contributed by atoms with E-state index < -0.39 is 0 Å². The van der Waals surface area contributed by atoms with Gasteiger partial charge in [0.05, 0.1) is 32.1 Å². The van der Waals surface area contributed by atoms with E-state index in [0.717, 1.165) is 74.6 Å². The molecule has 2 aromatic carbocycles. The quantitative estimate of drug-likeness (QED) is 0.214. The minimum Gasteiger partial charge on any atom is -0.394 e. The van der Waals surface area contributed by atoms with Crippen LogP contribution in [-0.2, 0) is 17.7 Å². The van der Waals surface area contributed by atoms with Crippen molar-refractivity contribution >= 4 is 23.4 Å². The predicted molar refractivity (Wildman–Crippen MR) is 162 cm³/mol. The normalized spacial score (nSPS) is 15.4. The van der Waals surface area contributed by atoms with E-state index in [2.05, 4.69) is 38.0 Å². The van der Waals surface area contributed by atoms with Crippen LogP contribution in [0.15, 0.2) is 67.0 Å². The molecular formula is C31H36N8O3. The molecule has 218 valence electrons. The van der Waals surface area contributed by atoms with E-state index in [0.29, 0.717) is 29.9 Å². The number of ether oxygens (including phenoxy) is 1. The molecule has 11 heteroatoms. The lowest BCUT2D eigenvalue weighted by Gasteiger charge is -2.26. The monoisotopic (exact) mass is 568 g/mol. The fourth-order valence-corrected chi connectivity index (χ4v) is 4.95. The summed E-state index contributed by atoms with van der Waals surface area (Å²) in [5.74, 6) is 0.486. The molecule has 2 amide bonds. The number of anilines is 3. The van der Waals surface area contributed by atoms with Crippen LogP contribution in [0.5, 0.6) is 0 Å². The highest BCUT2D eigenvalue weighted by atomic mass is 16.5. The van der Waals surface area contributed by atoms with Gasteiger partial charge in [-0.05, 0) is 55.2 Å². The molecule has 2 aliphatic rings. The molecule has 0 spiro atoms. The van der Waals surface area contributed by atoms with Gasteiger partial charge in [0.25, 0.3) is 0 Å². The zero-order valence-corrected chi connectivity index (χ0v) is 23.5. The molecule has 3 heterocycles. The van der Waals surface area contributed by atoms with Crippen LogP contribution < -0.4 is 16.0 Å². The third-order valence-corrected chi connectivity index (χ3v) is 7.35. The first-order valence-corrected chi connectivity index (χ1v) is 14.5. The Bertz CT molecular complexity index is 1500. The Morgan fingerprint density at radius 2 is 1.86 bits per heavy atom. The number of aromatic nitrogens is 4. The molecule has 0 unspecified atom stereocenters. The van der Waals surface area contributed by atoms with Crippen molar-refractivity contribution in [2.75, 3.05) is 50.1 Å². The number of morpholine rings is 1. The molecule has 1 aliphatic carbocycles. The van der Waals surface area contributed by atoms with E-state index in [9.17, 15) is 9.90 Å². The Morgan fingerprint density at radius 1 is 1.02 bits per heavy atom. The Labute approximate surface area is 244 Å². The number of carbonyl (C=O) groups excluding carboxylic acids is 1. The smallest absolute Gasteiger partial charge is 0.319 e. The molecule has 1 aliphatic heterocycles. The Balaban J connectivity index is 1.18. The fourth-order valence-electron chi connectivity index (χ4n) is 4.95. The largest absolute Gasteiger partial charge is 0.394 e. The van der Waals surface area contributed by atoms with Gasteiger partial charge in [0.2, 0.25) is 5.95 Å². The van der Waals surface area contributed by atoms with Gasteiger partial charge in [-0.1, -0.05) is 24.3 Å². The lowest BCUT2D eigenvalue weighted by atomic mass is 10.1. The summed E-state index contributed by atoms with van der Waals surface area (Å²) in [6.07, 6.45) is 6.65. The van der Waals surface area contributed by atoms with E-state index >= 15 is 0 Å². The van der Waals surface area contributed by atoms with Gasteiger partial charge in [0.15, 0.2) is 0 Å². The number of benzene rings is 2. The third-order valence-electron chi connectivity index (χ3n) is 7.35. The summed E-state index contributed by atoms with van der Waals surface area (Å²) in [6.45, 7) is 4.90. The zero-order chi connectivity index (χ0) is 28.7. The minimum absolute atomic E-state index is 0.0298. The molecule has 0 atom stereocenters. The maximum absolute atomic E-state index is 12.1.